The molecule has 0 aromatic heterocycles. The summed E-state index contributed by atoms with van der Waals surface area (Å²) in [6.45, 7) is 3.19. The van der Waals surface area contributed by atoms with Crippen molar-refractivity contribution in [1.82, 2.24) is 14.7 Å². The van der Waals surface area contributed by atoms with Crippen LogP contribution >= 0.6 is 24.8 Å². The Hall–Kier alpha value is -1.34. The van der Waals surface area contributed by atoms with Gasteiger partial charge in [0, 0.05) is 39.3 Å². The third-order valence-electron chi connectivity index (χ3n) is 6.17. The van der Waals surface area contributed by atoms with Crippen molar-refractivity contribution in [2.24, 2.45) is 5.73 Å². The summed E-state index contributed by atoms with van der Waals surface area (Å²) in [4.78, 5) is 31.2. The van der Waals surface area contributed by atoms with Crippen LogP contribution in [0.5, 0.6) is 0 Å². The Balaban J connectivity index is 0.00000225. The summed E-state index contributed by atoms with van der Waals surface area (Å²) in [7, 11) is 1.95. The molecule has 2 aliphatic rings. The van der Waals surface area contributed by atoms with Crippen LogP contribution in [0.4, 0.5) is 0 Å². The van der Waals surface area contributed by atoms with Crippen LogP contribution in [-0.2, 0) is 16.0 Å². The van der Waals surface area contributed by atoms with E-state index in [2.05, 4.69) is 4.90 Å². The maximum atomic E-state index is 12.7. The molecule has 1 saturated heterocycles. The van der Waals surface area contributed by atoms with E-state index in [9.17, 15) is 9.59 Å². The minimum Gasteiger partial charge on any atom is -0.342 e. The summed E-state index contributed by atoms with van der Waals surface area (Å²) in [5.74, 6) is 0.210. The number of amides is 2. The van der Waals surface area contributed by atoms with Crippen molar-refractivity contribution in [3.05, 3.63) is 35.9 Å². The number of nitrogens with zero attached hydrogens (tertiary/aromatic N) is 3. The van der Waals surface area contributed by atoms with Gasteiger partial charge in [0.15, 0.2) is 0 Å². The lowest BCUT2D eigenvalue weighted by molar-refractivity contribution is -0.136. The van der Waals surface area contributed by atoms with Crippen molar-refractivity contribution in [2.75, 3.05) is 39.8 Å². The van der Waals surface area contributed by atoms with Gasteiger partial charge in [-0.2, -0.15) is 0 Å². The van der Waals surface area contributed by atoms with Crippen molar-refractivity contribution in [3.63, 3.8) is 0 Å². The molecule has 2 fully saturated rings. The predicted octanol–water partition coefficient (Wildman–Crippen LogP) is 2.34. The summed E-state index contributed by atoms with van der Waals surface area (Å²) >= 11 is 0. The van der Waals surface area contributed by atoms with Gasteiger partial charge in [-0.05, 0) is 24.8 Å². The highest BCUT2D eigenvalue weighted by molar-refractivity contribution is 5.85. The predicted molar refractivity (Wildman–Crippen MR) is 125 cm³/mol. The number of benzene rings is 1. The summed E-state index contributed by atoms with van der Waals surface area (Å²) in [5.41, 5.74) is 7.23. The standard InChI is InChI=1S/C22H34N4O2.2ClH/c1-24(19-10-6-3-7-11-19)21(27)17-25-12-14-26(15-13-25)22(28)20(23)16-18-8-4-2-5-9-18;;/h2,4-5,8-9,19-20H,3,6-7,10-17,23H2,1H3;2*1H. The molecule has 1 aromatic rings. The van der Waals surface area contributed by atoms with E-state index in [0.29, 0.717) is 32.1 Å². The van der Waals surface area contributed by atoms with Gasteiger partial charge in [-0.1, -0.05) is 49.6 Å². The second kappa shape index (κ2) is 13.2. The van der Waals surface area contributed by atoms with E-state index in [1.165, 1.54) is 19.3 Å². The normalized spacial score (nSPS) is 18.7. The summed E-state index contributed by atoms with van der Waals surface area (Å²) < 4.78 is 0. The van der Waals surface area contributed by atoms with Gasteiger partial charge in [0.05, 0.1) is 12.6 Å². The van der Waals surface area contributed by atoms with E-state index in [-0.39, 0.29) is 36.6 Å². The Morgan fingerprint density at radius 3 is 2.23 bits per heavy atom. The van der Waals surface area contributed by atoms with Crippen LogP contribution in [0, 0.1) is 0 Å². The van der Waals surface area contributed by atoms with E-state index in [1.807, 2.05) is 47.2 Å². The maximum Gasteiger partial charge on any atom is 0.239 e. The molecule has 170 valence electrons. The van der Waals surface area contributed by atoms with Gasteiger partial charge >= 0.3 is 0 Å². The Labute approximate surface area is 193 Å². The quantitative estimate of drug-likeness (QED) is 0.709. The Kier molecular flexibility index (Phi) is 11.7. The number of carbonyl (C=O) groups excluding carboxylic acids is 2. The Morgan fingerprint density at radius 2 is 1.63 bits per heavy atom. The zero-order valence-corrected chi connectivity index (χ0v) is 19.5. The minimum absolute atomic E-state index is 0. The molecule has 1 aliphatic carbocycles. The van der Waals surface area contributed by atoms with Crippen molar-refractivity contribution in [2.45, 2.75) is 50.6 Å². The van der Waals surface area contributed by atoms with Crippen molar-refractivity contribution in [3.8, 4) is 0 Å². The minimum atomic E-state index is -0.506. The highest BCUT2D eigenvalue weighted by Gasteiger charge is 2.28. The molecule has 1 saturated carbocycles. The van der Waals surface area contributed by atoms with Gasteiger partial charge in [-0.25, -0.2) is 0 Å². The van der Waals surface area contributed by atoms with Crippen molar-refractivity contribution in [1.29, 1.82) is 0 Å². The molecule has 8 heteroatoms. The molecule has 6 nitrogen and oxygen atoms in total. The fourth-order valence-electron chi connectivity index (χ4n) is 4.29. The van der Waals surface area contributed by atoms with Gasteiger partial charge in [0.25, 0.3) is 0 Å². The molecular weight excluding hydrogens is 423 g/mol. The molecule has 1 heterocycles. The first-order valence-electron chi connectivity index (χ1n) is 10.6. The van der Waals surface area contributed by atoms with Gasteiger partial charge in [0.2, 0.25) is 11.8 Å². The Morgan fingerprint density at radius 1 is 1.03 bits per heavy atom. The van der Waals surface area contributed by atoms with Crippen molar-refractivity contribution >= 4 is 36.6 Å². The van der Waals surface area contributed by atoms with Gasteiger partial charge in [-0.15, -0.1) is 24.8 Å². The van der Waals surface area contributed by atoms with Gasteiger partial charge in [0.1, 0.15) is 0 Å². The Bertz CT molecular complexity index is 648. The summed E-state index contributed by atoms with van der Waals surface area (Å²) in [6, 6.07) is 9.79. The van der Waals surface area contributed by atoms with Crippen LogP contribution < -0.4 is 5.73 Å². The summed E-state index contributed by atoms with van der Waals surface area (Å²) in [5, 5.41) is 0. The highest BCUT2D eigenvalue weighted by Crippen LogP contribution is 2.21. The molecule has 1 atom stereocenters. The van der Waals surface area contributed by atoms with Gasteiger partial charge < -0.3 is 15.5 Å². The summed E-state index contributed by atoms with van der Waals surface area (Å²) in [6.07, 6.45) is 6.57. The SMILES string of the molecule is CN(C(=O)CN1CCN(C(=O)C(N)Cc2ccccc2)CC1)C1CCCCC1.Cl.Cl. The number of carbonyl (C=O) groups is 2. The molecule has 0 bridgehead atoms. The van der Waals surface area contributed by atoms with Crippen LogP contribution in [0.2, 0.25) is 0 Å². The number of hydrogen-bond acceptors (Lipinski definition) is 4. The first-order valence-corrected chi connectivity index (χ1v) is 10.6. The molecule has 3 rings (SSSR count). The van der Waals surface area contributed by atoms with Crippen LogP contribution in [0.3, 0.4) is 0 Å². The molecule has 0 spiro atoms. The van der Waals surface area contributed by atoms with Crippen molar-refractivity contribution < 1.29 is 9.59 Å². The smallest absolute Gasteiger partial charge is 0.239 e. The van der Waals surface area contributed by atoms with E-state index >= 15 is 0 Å². The highest BCUT2D eigenvalue weighted by atomic mass is 35.5. The van der Waals surface area contributed by atoms with E-state index in [4.69, 9.17) is 5.73 Å². The number of piperazine rings is 1. The fourth-order valence-corrected chi connectivity index (χ4v) is 4.29. The maximum absolute atomic E-state index is 12.7. The number of nitrogens with two attached hydrogens (primary N) is 1. The van der Waals surface area contributed by atoms with Crippen LogP contribution in [0.1, 0.15) is 37.7 Å². The lowest BCUT2D eigenvalue weighted by Crippen LogP contribution is -2.55. The largest absolute Gasteiger partial charge is 0.342 e. The molecule has 2 amide bonds. The lowest BCUT2D eigenvalue weighted by Gasteiger charge is -2.37. The lowest BCUT2D eigenvalue weighted by atomic mass is 9.94. The number of hydrogen-bond donors (Lipinski definition) is 1. The van der Waals surface area contributed by atoms with E-state index < -0.39 is 6.04 Å². The molecule has 1 unspecified atom stereocenters. The van der Waals surface area contributed by atoms with Gasteiger partial charge in [-0.3, -0.25) is 14.5 Å². The van der Waals surface area contributed by atoms with E-state index in [0.717, 1.165) is 31.5 Å². The average molecular weight is 459 g/mol. The first kappa shape index (κ1) is 26.7. The average Bonchev–Trinajstić information content (AvgIpc) is 2.74. The zero-order chi connectivity index (χ0) is 19.9. The van der Waals surface area contributed by atoms with Crippen LogP contribution in [0.25, 0.3) is 0 Å². The first-order chi connectivity index (χ1) is 13.5. The monoisotopic (exact) mass is 458 g/mol. The molecule has 0 radical (unpaired) electrons. The fraction of sp³-hybridized carbons (Fsp3) is 0.636. The van der Waals surface area contributed by atoms with Crippen LogP contribution in [0.15, 0.2) is 30.3 Å². The number of rotatable bonds is 6. The topological polar surface area (TPSA) is 69.9 Å². The zero-order valence-electron chi connectivity index (χ0n) is 17.9. The molecule has 1 aromatic carbocycles. The molecular formula is C22H36Cl2N4O2. The second-order valence-electron chi connectivity index (χ2n) is 8.19. The molecule has 30 heavy (non-hydrogen) atoms. The van der Waals surface area contributed by atoms with Crippen LogP contribution in [-0.4, -0.2) is 78.4 Å². The second-order valence-corrected chi connectivity index (χ2v) is 8.19. The molecule has 2 N–H and O–H groups in total. The third-order valence-corrected chi connectivity index (χ3v) is 6.17. The number of halogens is 2. The third kappa shape index (κ3) is 7.41. The molecule has 1 aliphatic heterocycles. The number of likely N-dealkylation sites (N-methyl/N-ethyl adjacent to an activating group) is 1. The van der Waals surface area contributed by atoms with E-state index in [1.54, 1.807) is 0 Å².